The second kappa shape index (κ2) is 11.2. The summed E-state index contributed by atoms with van der Waals surface area (Å²) in [5.74, 6) is 1.64. The summed E-state index contributed by atoms with van der Waals surface area (Å²) in [7, 11) is 0. The van der Waals surface area contributed by atoms with E-state index in [0.717, 1.165) is 22.4 Å². The highest BCUT2D eigenvalue weighted by Crippen LogP contribution is 2.38. The first-order valence-corrected chi connectivity index (χ1v) is 12.7. The van der Waals surface area contributed by atoms with Crippen LogP contribution in [0.25, 0.3) is 0 Å². The van der Waals surface area contributed by atoms with Gasteiger partial charge in [0.2, 0.25) is 5.95 Å². The Kier molecular flexibility index (Phi) is 7.40. The Morgan fingerprint density at radius 1 is 0.974 bits per heavy atom. The average Bonchev–Trinajstić information content (AvgIpc) is 3.40. The summed E-state index contributed by atoms with van der Waals surface area (Å²) >= 11 is 0. The van der Waals surface area contributed by atoms with E-state index in [4.69, 9.17) is 9.47 Å². The van der Waals surface area contributed by atoms with Crippen molar-refractivity contribution in [2.24, 2.45) is 0 Å². The molecule has 4 aromatic rings. The second-order valence-electron chi connectivity index (χ2n) is 9.18. The number of aryl methyl sites for hydroxylation is 1. The van der Waals surface area contributed by atoms with Gasteiger partial charge < -0.3 is 20.1 Å². The van der Waals surface area contributed by atoms with Gasteiger partial charge in [-0.2, -0.15) is 10.1 Å². The van der Waals surface area contributed by atoms with Crippen molar-refractivity contribution in [3.8, 4) is 11.5 Å². The molecule has 8 heteroatoms. The number of ether oxygens (including phenoxy) is 2. The van der Waals surface area contributed by atoms with Crippen molar-refractivity contribution in [2.45, 2.75) is 40.0 Å². The van der Waals surface area contributed by atoms with Crippen molar-refractivity contribution in [1.29, 1.82) is 0 Å². The highest BCUT2D eigenvalue weighted by atomic mass is 16.5. The molecule has 0 radical (unpaired) electrons. The molecule has 0 saturated carbocycles. The minimum Gasteiger partial charge on any atom is -0.490 e. The number of fused-ring (bicyclic) bond motifs is 1. The molecule has 1 amide bonds. The molecule has 0 bridgehead atoms. The van der Waals surface area contributed by atoms with Gasteiger partial charge in [0.15, 0.2) is 11.5 Å². The number of hydrogen-bond acceptors (Lipinski definition) is 6. The lowest BCUT2D eigenvalue weighted by atomic mass is 9.94. The molecule has 0 spiro atoms. The van der Waals surface area contributed by atoms with Gasteiger partial charge in [0.1, 0.15) is 19.0 Å². The van der Waals surface area contributed by atoms with E-state index in [1.807, 2.05) is 62.4 Å². The first kappa shape index (κ1) is 25.1. The van der Waals surface area contributed by atoms with Gasteiger partial charge in [-0.25, -0.2) is 4.68 Å². The summed E-state index contributed by atoms with van der Waals surface area (Å²) < 4.78 is 13.8. The molecule has 194 valence electrons. The van der Waals surface area contributed by atoms with E-state index < -0.39 is 6.04 Å². The van der Waals surface area contributed by atoms with Crippen molar-refractivity contribution in [3.63, 3.8) is 0 Å². The SMILES string of the molecule is CCOc1cc([C@@H]2C(C(=O)NCc3ccccc3)=C(C)Nc3ncnn32)ccc1OCc1ccc(C)cc1. The number of benzene rings is 3. The molecular weight excluding hydrogens is 478 g/mol. The zero-order chi connectivity index (χ0) is 26.5. The smallest absolute Gasteiger partial charge is 0.251 e. The third kappa shape index (κ3) is 5.39. The fourth-order valence-corrected chi connectivity index (χ4v) is 4.49. The van der Waals surface area contributed by atoms with Crippen LogP contribution in [0.5, 0.6) is 11.5 Å². The van der Waals surface area contributed by atoms with Gasteiger partial charge in [0.25, 0.3) is 5.91 Å². The van der Waals surface area contributed by atoms with Crippen LogP contribution in [0.3, 0.4) is 0 Å². The number of anilines is 1. The quantitative estimate of drug-likeness (QED) is 0.324. The van der Waals surface area contributed by atoms with E-state index in [9.17, 15) is 4.79 Å². The maximum Gasteiger partial charge on any atom is 0.251 e. The molecule has 2 N–H and O–H groups in total. The predicted octanol–water partition coefficient (Wildman–Crippen LogP) is 5.17. The van der Waals surface area contributed by atoms with Crippen LogP contribution in [-0.2, 0) is 17.9 Å². The predicted molar refractivity (Wildman–Crippen MR) is 146 cm³/mol. The van der Waals surface area contributed by atoms with Crippen molar-refractivity contribution in [1.82, 2.24) is 20.1 Å². The molecule has 38 heavy (non-hydrogen) atoms. The lowest BCUT2D eigenvalue weighted by molar-refractivity contribution is -0.118. The van der Waals surface area contributed by atoms with Crippen LogP contribution >= 0.6 is 0 Å². The topological polar surface area (TPSA) is 90.3 Å². The fraction of sp³-hybridized carbons (Fsp3) is 0.233. The van der Waals surface area contributed by atoms with Crippen LogP contribution < -0.4 is 20.1 Å². The van der Waals surface area contributed by atoms with E-state index in [0.29, 0.717) is 42.8 Å². The number of nitrogens with zero attached hydrogens (tertiary/aromatic N) is 3. The van der Waals surface area contributed by atoms with Crippen LogP contribution in [0.15, 0.2) is 90.4 Å². The standard InChI is InChI=1S/C30H31N5O3/c1-4-37-26-16-24(14-15-25(26)38-18-23-12-10-20(2)11-13-23)28-27(21(3)34-30-32-19-33-35(28)30)29(36)31-17-22-8-6-5-7-9-22/h5-16,19,28H,4,17-18H2,1-3H3,(H,31,36)(H,32,33,34)/t28-/m1/s1. The van der Waals surface area contributed by atoms with Crippen molar-refractivity contribution >= 4 is 11.9 Å². The van der Waals surface area contributed by atoms with Gasteiger partial charge in [0, 0.05) is 12.2 Å². The molecule has 8 nitrogen and oxygen atoms in total. The molecule has 1 aliphatic heterocycles. The minimum absolute atomic E-state index is 0.178. The summed E-state index contributed by atoms with van der Waals surface area (Å²) in [6.07, 6.45) is 1.48. The third-order valence-corrected chi connectivity index (χ3v) is 6.43. The first-order chi connectivity index (χ1) is 18.5. The normalized spacial score (nSPS) is 14.4. The van der Waals surface area contributed by atoms with Crippen molar-refractivity contribution in [3.05, 3.63) is 113 Å². The second-order valence-corrected chi connectivity index (χ2v) is 9.18. The summed E-state index contributed by atoms with van der Waals surface area (Å²) in [6, 6.07) is 23.3. The fourth-order valence-electron chi connectivity index (χ4n) is 4.49. The number of carbonyl (C=O) groups excluding carboxylic acids is 1. The number of allylic oxidation sites excluding steroid dienone is 1. The lowest BCUT2D eigenvalue weighted by Gasteiger charge is -2.29. The molecule has 2 heterocycles. The highest BCUT2D eigenvalue weighted by Gasteiger charge is 2.34. The highest BCUT2D eigenvalue weighted by molar-refractivity contribution is 5.96. The molecule has 1 aromatic heterocycles. The van der Waals surface area contributed by atoms with E-state index >= 15 is 0 Å². The summed E-state index contributed by atoms with van der Waals surface area (Å²) in [5, 5.41) is 10.7. The summed E-state index contributed by atoms with van der Waals surface area (Å²) in [5.41, 5.74) is 5.43. The Balaban J connectivity index is 1.44. The zero-order valence-corrected chi connectivity index (χ0v) is 21.8. The Hall–Kier alpha value is -4.59. The summed E-state index contributed by atoms with van der Waals surface area (Å²) in [4.78, 5) is 17.9. The van der Waals surface area contributed by atoms with Crippen LogP contribution in [-0.4, -0.2) is 27.3 Å². The van der Waals surface area contributed by atoms with Gasteiger partial charge in [-0.15, -0.1) is 0 Å². The first-order valence-electron chi connectivity index (χ1n) is 12.7. The minimum atomic E-state index is -0.491. The molecule has 0 saturated heterocycles. The summed E-state index contributed by atoms with van der Waals surface area (Å²) in [6.45, 7) is 7.19. The van der Waals surface area contributed by atoms with Gasteiger partial charge in [-0.3, -0.25) is 4.79 Å². The van der Waals surface area contributed by atoms with Crippen LogP contribution in [0.4, 0.5) is 5.95 Å². The number of aromatic nitrogens is 3. The molecule has 1 atom stereocenters. The van der Waals surface area contributed by atoms with E-state index in [1.165, 1.54) is 11.9 Å². The number of carbonyl (C=O) groups is 1. The zero-order valence-electron chi connectivity index (χ0n) is 21.8. The largest absolute Gasteiger partial charge is 0.490 e. The number of hydrogen-bond donors (Lipinski definition) is 2. The van der Waals surface area contributed by atoms with Crippen LogP contribution in [0, 0.1) is 6.92 Å². The number of amides is 1. The molecular formula is C30H31N5O3. The Bertz CT molecular complexity index is 1440. The van der Waals surface area contributed by atoms with Gasteiger partial charge in [-0.1, -0.05) is 66.2 Å². The molecule has 0 fully saturated rings. The molecule has 5 rings (SSSR count). The van der Waals surface area contributed by atoms with Gasteiger partial charge in [-0.05, 0) is 49.6 Å². The third-order valence-electron chi connectivity index (χ3n) is 6.43. The molecule has 1 aliphatic rings. The maximum absolute atomic E-state index is 13.5. The van der Waals surface area contributed by atoms with Crippen LogP contribution in [0.2, 0.25) is 0 Å². The number of nitrogens with one attached hydrogen (secondary N) is 2. The Morgan fingerprint density at radius 2 is 1.76 bits per heavy atom. The number of rotatable bonds is 9. The lowest BCUT2D eigenvalue weighted by Crippen LogP contribution is -2.34. The van der Waals surface area contributed by atoms with Crippen molar-refractivity contribution in [2.75, 3.05) is 11.9 Å². The Labute approximate surface area is 222 Å². The van der Waals surface area contributed by atoms with E-state index in [1.54, 1.807) is 4.68 Å². The van der Waals surface area contributed by atoms with E-state index in [2.05, 4.69) is 51.9 Å². The van der Waals surface area contributed by atoms with Crippen molar-refractivity contribution < 1.29 is 14.3 Å². The molecule has 3 aromatic carbocycles. The van der Waals surface area contributed by atoms with Crippen LogP contribution in [0.1, 0.15) is 42.1 Å². The molecule has 0 unspecified atom stereocenters. The average molecular weight is 510 g/mol. The van der Waals surface area contributed by atoms with E-state index in [-0.39, 0.29) is 5.91 Å². The molecule has 0 aliphatic carbocycles. The van der Waals surface area contributed by atoms with Gasteiger partial charge >= 0.3 is 0 Å². The van der Waals surface area contributed by atoms with Gasteiger partial charge in [0.05, 0.1) is 12.2 Å². The maximum atomic E-state index is 13.5. The Morgan fingerprint density at radius 3 is 2.53 bits per heavy atom. The monoisotopic (exact) mass is 509 g/mol.